The van der Waals surface area contributed by atoms with Crippen molar-refractivity contribution in [2.75, 3.05) is 6.54 Å². The maximum atomic E-state index is 12.4. The van der Waals surface area contributed by atoms with Crippen molar-refractivity contribution in [2.45, 2.75) is 39.5 Å². The van der Waals surface area contributed by atoms with Crippen LogP contribution in [0.15, 0.2) is 55.1 Å². The largest absolute Gasteiger partial charge is 0.397 e. The summed E-state index contributed by atoms with van der Waals surface area (Å²) in [4.78, 5) is 24.4. The number of unbranched alkanes of at least 4 members (excludes halogenated alkanes) is 2. The number of amides is 2. The van der Waals surface area contributed by atoms with E-state index in [4.69, 9.17) is 5.73 Å². The Labute approximate surface area is 171 Å². The Balaban J connectivity index is 2.41. The lowest BCUT2D eigenvalue weighted by atomic mass is 10.1. The van der Waals surface area contributed by atoms with Crippen molar-refractivity contribution in [2.24, 2.45) is 5.73 Å². The van der Waals surface area contributed by atoms with E-state index in [1.807, 2.05) is 13.0 Å². The Morgan fingerprint density at radius 1 is 1.24 bits per heavy atom. The third-order valence-electron chi connectivity index (χ3n) is 4.24. The van der Waals surface area contributed by atoms with Crippen LogP contribution < -0.4 is 26.9 Å². The van der Waals surface area contributed by atoms with Gasteiger partial charge in [0.2, 0.25) is 5.91 Å². The van der Waals surface area contributed by atoms with Gasteiger partial charge < -0.3 is 16.4 Å². The van der Waals surface area contributed by atoms with Crippen molar-refractivity contribution in [1.29, 1.82) is 0 Å². The maximum Gasteiger partial charge on any atom is 0.253 e. The maximum absolute atomic E-state index is 12.4. The summed E-state index contributed by atoms with van der Waals surface area (Å²) in [6, 6.07) is 0. The number of aromatic amines is 1. The second kappa shape index (κ2) is 12.9. The van der Waals surface area contributed by atoms with E-state index < -0.39 is 0 Å². The minimum absolute atomic E-state index is 0.0904. The van der Waals surface area contributed by atoms with E-state index >= 15 is 0 Å². The molecule has 7 heteroatoms. The zero-order chi connectivity index (χ0) is 21.6. The molecule has 2 amide bonds. The average Bonchev–Trinajstić information content (AvgIpc) is 3.17. The van der Waals surface area contributed by atoms with Gasteiger partial charge in [-0.1, -0.05) is 43.9 Å². The van der Waals surface area contributed by atoms with E-state index in [0.717, 1.165) is 24.5 Å². The van der Waals surface area contributed by atoms with Crippen molar-refractivity contribution in [3.05, 3.63) is 65.6 Å². The number of allylic oxidation sites excluding steroid dienone is 3. The first-order valence-electron chi connectivity index (χ1n) is 9.63. The van der Waals surface area contributed by atoms with Gasteiger partial charge in [-0.15, -0.1) is 0 Å². The van der Waals surface area contributed by atoms with Crippen molar-refractivity contribution in [1.82, 2.24) is 20.8 Å². The van der Waals surface area contributed by atoms with Crippen molar-refractivity contribution >= 4 is 23.5 Å². The fourth-order valence-corrected chi connectivity index (χ4v) is 2.66. The molecular weight excluding hydrogens is 366 g/mol. The molecule has 0 atom stereocenters. The molecule has 0 aliphatic rings. The number of rotatable bonds is 11. The number of hydrogen-bond donors (Lipinski definition) is 4. The number of carbonyl (C=O) groups excluding carboxylic acids is 2. The number of nitrogens with zero attached hydrogens (tertiary/aromatic N) is 1. The zero-order valence-electron chi connectivity index (χ0n) is 17.3. The first-order chi connectivity index (χ1) is 14.0. The molecule has 29 heavy (non-hydrogen) atoms. The molecule has 5 N–H and O–H groups in total. The molecule has 0 fully saturated rings. The van der Waals surface area contributed by atoms with Gasteiger partial charge >= 0.3 is 0 Å². The number of nitrogens with two attached hydrogens (primary N) is 1. The minimum Gasteiger partial charge on any atom is -0.397 e. The standard InChI is InChI=1S/C22H31N5O2/c1-5-12-18(23)19(8-4)26-20(28)13-10-9-11-14-24-22(29)17(7-3)21-16(6-2)15-25-27-21/h5-8,12,15,27H,1,3,9-11,13-14,23H2,2,4H3,(H,24,29)(H,26,28)/b16-6-,18-12+,19-8+,21-17-. The molecule has 0 spiro atoms. The normalized spacial score (nSPS) is 13.7. The molecule has 1 aromatic heterocycles. The van der Waals surface area contributed by atoms with Gasteiger partial charge in [0.1, 0.15) is 0 Å². The number of carbonyl (C=O) groups is 2. The van der Waals surface area contributed by atoms with Gasteiger partial charge in [0.25, 0.3) is 5.91 Å². The highest BCUT2D eigenvalue weighted by atomic mass is 16.2. The van der Waals surface area contributed by atoms with Gasteiger partial charge in [0.05, 0.1) is 28.5 Å². The predicted octanol–water partition coefficient (Wildman–Crippen LogP) is 1.27. The highest BCUT2D eigenvalue weighted by Gasteiger charge is 2.09. The zero-order valence-corrected chi connectivity index (χ0v) is 17.3. The smallest absolute Gasteiger partial charge is 0.253 e. The van der Waals surface area contributed by atoms with E-state index in [1.54, 1.807) is 31.3 Å². The van der Waals surface area contributed by atoms with E-state index in [2.05, 4.69) is 34.0 Å². The highest BCUT2D eigenvalue weighted by molar-refractivity contribution is 6.16. The Morgan fingerprint density at radius 2 is 2.00 bits per heavy atom. The summed E-state index contributed by atoms with van der Waals surface area (Å²) < 4.78 is 0. The summed E-state index contributed by atoms with van der Waals surface area (Å²) in [5.74, 6) is -0.292. The SMILES string of the molecule is C=C/C=C(N)\C(=C/C)NC(=O)CCCCCNC(=O)/C(C=C)=c1\[nH]nc\c1=C\C. The molecule has 0 unspecified atom stereocenters. The van der Waals surface area contributed by atoms with Gasteiger partial charge in [0.15, 0.2) is 0 Å². The van der Waals surface area contributed by atoms with Crippen LogP contribution in [0.4, 0.5) is 0 Å². The molecule has 1 heterocycles. The molecule has 0 saturated carbocycles. The Hall–Kier alpha value is -3.35. The molecule has 0 aliphatic heterocycles. The lowest BCUT2D eigenvalue weighted by molar-refractivity contribution is -0.120. The predicted molar refractivity (Wildman–Crippen MR) is 117 cm³/mol. The lowest BCUT2D eigenvalue weighted by Crippen LogP contribution is -2.33. The quantitative estimate of drug-likeness (QED) is 0.333. The fraction of sp³-hybridized carbons (Fsp3) is 0.318. The number of hydrogen-bond acceptors (Lipinski definition) is 4. The van der Waals surface area contributed by atoms with E-state index in [1.165, 1.54) is 6.08 Å². The Bertz CT molecular complexity index is 906. The van der Waals surface area contributed by atoms with Gasteiger partial charge in [0, 0.05) is 18.2 Å². The fourth-order valence-electron chi connectivity index (χ4n) is 2.66. The average molecular weight is 398 g/mol. The first-order valence-corrected chi connectivity index (χ1v) is 9.63. The van der Waals surface area contributed by atoms with Crippen LogP contribution in [0.1, 0.15) is 39.5 Å². The van der Waals surface area contributed by atoms with Crippen LogP contribution in [0, 0.1) is 0 Å². The summed E-state index contributed by atoms with van der Waals surface area (Å²) >= 11 is 0. The minimum atomic E-state index is -0.202. The third kappa shape index (κ3) is 7.65. The summed E-state index contributed by atoms with van der Waals surface area (Å²) in [5, 5.41) is 14.0. The van der Waals surface area contributed by atoms with Crippen LogP contribution in [0.5, 0.6) is 0 Å². The van der Waals surface area contributed by atoms with Crippen LogP contribution >= 0.6 is 0 Å². The Kier molecular flexibility index (Phi) is 10.6. The van der Waals surface area contributed by atoms with Crippen molar-refractivity contribution < 1.29 is 9.59 Å². The van der Waals surface area contributed by atoms with E-state index in [0.29, 0.717) is 35.3 Å². The molecule has 1 aromatic rings. The molecule has 0 bridgehead atoms. The molecule has 156 valence electrons. The molecule has 0 radical (unpaired) electrons. The number of nitrogens with one attached hydrogen (secondary N) is 3. The summed E-state index contributed by atoms with van der Waals surface area (Å²) in [6.45, 7) is 11.5. The first kappa shape index (κ1) is 23.7. The van der Waals surface area contributed by atoms with Crippen molar-refractivity contribution in [3.8, 4) is 0 Å². The summed E-state index contributed by atoms with van der Waals surface area (Å²) in [5.41, 5.74) is 7.35. The summed E-state index contributed by atoms with van der Waals surface area (Å²) in [7, 11) is 0. The molecular formula is C22H31N5O2. The van der Waals surface area contributed by atoms with Gasteiger partial charge in [-0.3, -0.25) is 14.7 Å². The number of H-pyrrole nitrogens is 1. The van der Waals surface area contributed by atoms with Crippen LogP contribution in [0.3, 0.4) is 0 Å². The molecule has 0 aromatic carbocycles. The topological polar surface area (TPSA) is 113 Å². The molecule has 0 saturated heterocycles. The lowest BCUT2D eigenvalue weighted by Gasteiger charge is -2.10. The van der Waals surface area contributed by atoms with Crippen LogP contribution in [0.25, 0.3) is 11.6 Å². The van der Waals surface area contributed by atoms with Gasteiger partial charge in [-0.25, -0.2) is 0 Å². The van der Waals surface area contributed by atoms with E-state index in [-0.39, 0.29) is 11.8 Å². The van der Waals surface area contributed by atoms with Crippen LogP contribution in [0.2, 0.25) is 0 Å². The second-order valence-electron chi connectivity index (χ2n) is 6.28. The Morgan fingerprint density at radius 3 is 2.62 bits per heavy atom. The molecule has 1 rings (SSSR count). The van der Waals surface area contributed by atoms with Crippen molar-refractivity contribution in [3.63, 3.8) is 0 Å². The summed E-state index contributed by atoms with van der Waals surface area (Å²) in [6.07, 6.45) is 12.7. The van der Waals surface area contributed by atoms with Gasteiger partial charge in [-0.05, 0) is 32.8 Å². The third-order valence-corrected chi connectivity index (χ3v) is 4.24. The van der Waals surface area contributed by atoms with Crippen LogP contribution in [-0.4, -0.2) is 28.6 Å². The van der Waals surface area contributed by atoms with E-state index in [9.17, 15) is 9.59 Å². The highest BCUT2D eigenvalue weighted by Crippen LogP contribution is 2.04. The van der Waals surface area contributed by atoms with Crippen LogP contribution in [-0.2, 0) is 9.59 Å². The van der Waals surface area contributed by atoms with Gasteiger partial charge in [-0.2, -0.15) is 5.10 Å². The molecule has 0 aliphatic carbocycles. The number of aromatic nitrogens is 2. The second-order valence-corrected chi connectivity index (χ2v) is 6.28. The monoisotopic (exact) mass is 397 g/mol. The molecule has 7 nitrogen and oxygen atoms in total.